The summed E-state index contributed by atoms with van der Waals surface area (Å²) in [6.07, 6.45) is 12.0. The van der Waals surface area contributed by atoms with Gasteiger partial charge in [0.05, 0.1) is 6.04 Å². The number of amides is 1. The van der Waals surface area contributed by atoms with Gasteiger partial charge in [-0.1, -0.05) is 19.3 Å². The summed E-state index contributed by atoms with van der Waals surface area (Å²) in [5.41, 5.74) is 0.534. The summed E-state index contributed by atoms with van der Waals surface area (Å²) in [6, 6.07) is 2.95. The molecule has 2 N–H and O–H groups in total. The summed E-state index contributed by atoms with van der Waals surface area (Å²) in [6.45, 7) is 3.79. The van der Waals surface area contributed by atoms with E-state index in [1.54, 1.807) is 0 Å². The summed E-state index contributed by atoms with van der Waals surface area (Å²) < 4.78 is 1.94. The maximum absolute atomic E-state index is 12.3. The van der Waals surface area contributed by atoms with Gasteiger partial charge < -0.3 is 15.5 Å². The third-order valence-electron chi connectivity index (χ3n) is 5.66. The van der Waals surface area contributed by atoms with Crippen molar-refractivity contribution in [3.05, 3.63) is 18.0 Å². The standard InChI is InChI=1S/C19H33N5O/c1-23(16-7-3-2-4-8-16)13-6-12-21-19(25)18-10-14-24(22-18)17-9-5-11-20-15-17/h10,14,16-17,20H,2-9,11-13,15H2,1H3,(H,21,25). The quantitative estimate of drug-likeness (QED) is 0.742. The fraction of sp³-hybridized carbons (Fsp3) is 0.789. The Morgan fingerprint density at radius 2 is 2.16 bits per heavy atom. The predicted molar refractivity (Wildman–Crippen MR) is 99.8 cm³/mol. The number of piperidine rings is 1. The van der Waals surface area contributed by atoms with Crippen LogP contribution in [0.1, 0.15) is 67.9 Å². The Bertz CT molecular complexity index is 532. The molecule has 3 rings (SSSR count). The van der Waals surface area contributed by atoms with Crippen LogP contribution < -0.4 is 10.6 Å². The number of aromatic nitrogens is 2. The van der Waals surface area contributed by atoms with Gasteiger partial charge in [-0.3, -0.25) is 9.48 Å². The van der Waals surface area contributed by atoms with Crippen LogP contribution in [0.25, 0.3) is 0 Å². The van der Waals surface area contributed by atoms with Crippen molar-refractivity contribution in [1.29, 1.82) is 0 Å². The molecule has 1 aliphatic heterocycles. The number of nitrogens with one attached hydrogen (secondary N) is 2. The van der Waals surface area contributed by atoms with Crippen LogP contribution in [0.3, 0.4) is 0 Å². The summed E-state index contributed by atoms with van der Waals surface area (Å²) in [4.78, 5) is 14.7. The first-order valence-corrected chi connectivity index (χ1v) is 9.98. The van der Waals surface area contributed by atoms with Crippen LogP contribution in [-0.4, -0.2) is 59.9 Å². The highest BCUT2D eigenvalue weighted by atomic mass is 16.1. The van der Waals surface area contributed by atoms with E-state index in [4.69, 9.17) is 0 Å². The van der Waals surface area contributed by atoms with Crippen molar-refractivity contribution in [2.75, 3.05) is 33.2 Å². The summed E-state index contributed by atoms with van der Waals surface area (Å²) in [5.74, 6) is -0.0529. The highest BCUT2D eigenvalue weighted by Crippen LogP contribution is 2.21. The average Bonchev–Trinajstić information content (AvgIpc) is 3.16. The maximum atomic E-state index is 12.3. The van der Waals surface area contributed by atoms with Crippen LogP contribution in [0.5, 0.6) is 0 Å². The predicted octanol–water partition coefficient (Wildman–Crippen LogP) is 2.19. The first-order chi connectivity index (χ1) is 12.2. The van der Waals surface area contributed by atoms with Crippen LogP contribution in [-0.2, 0) is 0 Å². The second kappa shape index (κ2) is 9.34. The number of carbonyl (C=O) groups is 1. The van der Waals surface area contributed by atoms with Gasteiger partial charge in [-0.25, -0.2) is 0 Å². The van der Waals surface area contributed by atoms with Gasteiger partial charge in [0.1, 0.15) is 5.69 Å². The Hall–Kier alpha value is -1.40. The molecule has 0 radical (unpaired) electrons. The zero-order chi connectivity index (χ0) is 17.5. The SMILES string of the molecule is CN(CCCNC(=O)c1ccn(C2CCCNC2)n1)C1CCCCC1. The van der Waals surface area contributed by atoms with Crippen LogP contribution in [0.15, 0.2) is 12.3 Å². The molecule has 1 aliphatic carbocycles. The van der Waals surface area contributed by atoms with E-state index in [0.29, 0.717) is 18.3 Å². The van der Waals surface area contributed by atoms with E-state index >= 15 is 0 Å². The van der Waals surface area contributed by atoms with Crippen molar-refractivity contribution in [2.24, 2.45) is 0 Å². The van der Waals surface area contributed by atoms with E-state index in [-0.39, 0.29) is 5.91 Å². The third kappa shape index (κ3) is 5.28. The Kier molecular flexibility index (Phi) is 6.87. The topological polar surface area (TPSA) is 62.2 Å². The molecule has 2 aliphatic rings. The molecule has 2 heterocycles. The Morgan fingerprint density at radius 1 is 1.32 bits per heavy atom. The molecule has 1 aromatic heterocycles. The van der Waals surface area contributed by atoms with Gasteiger partial charge in [0.2, 0.25) is 0 Å². The molecular weight excluding hydrogens is 314 g/mol. The van der Waals surface area contributed by atoms with Crippen molar-refractivity contribution in [2.45, 2.75) is 63.5 Å². The van der Waals surface area contributed by atoms with Gasteiger partial charge in [0.15, 0.2) is 0 Å². The third-order valence-corrected chi connectivity index (χ3v) is 5.66. The molecule has 1 unspecified atom stereocenters. The normalized spacial score (nSPS) is 22.2. The minimum atomic E-state index is -0.0529. The molecule has 0 spiro atoms. The molecule has 6 heteroatoms. The summed E-state index contributed by atoms with van der Waals surface area (Å²) in [7, 11) is 2.22. The zero-order valence-corrected chi connectivity index (χ0v) is 15.5. The Balaban J connectivity index is 1.37. The highest BCUT2D eigenvalue weighted by molar-refractivity contribution is 5.92. The van der Waals surface area contributed by atoms with Gasteiger partial charge in [-0.2, -0.15) is 5.10 Å². The highest BCUT2D eigenvalue weighted by Gasteiger charge is 2.19. The van der Waals surface area contributed by atoms with E-state index in [1.165, 1.54) is 38.5 Å². The van der Waals surface area contributed by atoms with Gasteiger partial charge in [-0.15, -0.1) is 0 Å². The zero-order valence-electron chi connectivity index (χ0n) is 15.5. The number of carbonyl (C=O) groups excluding carboxylic acids is 1. The maximum Gasteiger partial charge on any atom is 0.271 e. The molecule has 1 saturated carbocycles. The summed E-state index contributed by atoms with van der Waals surface area (Å²) >= 11 is 0. The lowest BCUT2D eigenvalue weighted by molar-refractivity contribution is 0.0944. The number of hydrogen-bond acceptors (Lipinski definition) is 4. The molecule has 1 amide bonds. The lowest BCUT2D eigenvalue weighted by atomic mass is 9.94. The monoisotopic (exact) mass is 347 g/mol. The molecule has 6 nitrogen and oxygen atoms in total. The lowest BCUT2D eigenvalue weighted by Gasteiger charge is -2.31. The molecule has 140 valence electrons. The number of rotatable bonds is 7. The van der Waals surface area contributed by atoms with Crippen molar-refractivity contribution >= 4 is 5.91 Å². The fourth-order valence-corrected chi connectivity index (χ4v) is 4.05. The molecule has 0 aromatic carbocycles. The van der Waals surface area contributed by atoms with Crippen molar-refractivity contribution < 1.29 is 4.79 Å². The number of nitrogens with zero attached hydrogens (tertiary/aromatic N) is 3. The molecular formula is C19H33N5O. The van der Waals surface area contributed by atoms with Gasteiger partial charge in [0, 0.05) is 25.3 Å². The molecule has 1 aromatic rings. The van der Waals surface area contributed by atoms with Crippen molar-refractivity contribution in [1.82, 2.24) is 25.3 Å². The van der Waals surface area contributed by atoms with Crippen molar-refractivity contribution in [3.8, 4) is 0 Å². The lowest BCUT2D eigenvalue weighted by Crippen LogP contribution is -2.36. The molecule has 25 heavy (non-hydrogen) atoms. The first-order valence-electron chi connectivity index (χ1n) is 9.98. The number of hydrogen-bond donors (Lipinski definition) is 2. The van der Waals surface area contributed by atoms with E-state index in [9.17, 15) is 4.79 Å². The van der Waals surface area contributed by atoms with Crippen LogP contribution in [0.2, 0.25) is 0 Å². The Morgan fingerprint density at radius 3 is 2.92 bits per heavy atom. The second-order valence-electron chi connectivity index (χ2n) is 7.56. The molecule has 1 atom stereocenters. The minimum absolute atomic E-state index is 0.0529. The van der Waals surface area contributed by atoms with Gasteiger partial charge in [-0.05, 0) is 58.3 Å². The van der Waals surface area contributed by atoms with E-state index in [2.05, 4.69) is 27.7 Å². The van der Waals surface area contributed by atoms with E-state index < -0.39 is 0 Å². The average molecular weight is 348 g/mol. The largest absolute Gasteiger partial charge is 0.351 e. The second-order valence-corrected chi connectivity index (χ2v) is 7.56. The fourth-order valence-electron chi connectivity index (χ4n) is 4.05. The minimum Gasteiger partial charge on any atom is -0.351 e. The van der Waals surface area contributed by atoms with Crippen LogP contribution in [0, 0.1) is 0 Å². The van der Waals surface area contributed by atoms with E-state index in [0.717, 1.165) is 38.5 Å². The summed E-state index contributed by atoms with van der Waals surface area (Å²) in [5, 5.41) is 10.9. The molecule has 1 saturated heterocycles. The van der Waals surface area contributed by atoms with E-state index in [1.807, 2.05) is 16.9 Å². The van der Waals surface area contributed by atoms with Gasteiger partial charge >= 0.3 is 0 Å². The van der Waals surface area contributed by atoms with Crippen molar-refractivity contribution in [3.63, 3.8) is 0 Å². The first kappa shape index (κ1) is 18.4. The smallest absolute Gasteiger partial charge is 0.271 e. The van der Waals surface area contributed by atoms with Gasteiger partial charge in [0.25, 0.3) is 5.91 Å². The molecule has 0 bridgehead atoms. The Labute approximate surface area is 151 Å². The van der Waals surface area contributed by atoms with Crippen LogP contribution in [0.4, 0.5) is 0 Å². The molecule has 2 fully saturated rings. The van der Waals surface area contributed by atoms with Crippen LogP contribution >= 0.6 is 0 Å².